The van der Waals surface area contributed by atoms with Crippen molar-refractivity contribution < 1.29 is 4.92 Å². The molecule has 5 heteroatoms. The van der Waals surface area contributed by atoms with E-state index in [2.05, 4.69) is 16.8 Å². The molecule has 1 aliphatic heterocycles. The number of non-ortho nitro benzene ring substituents is 1. The lowest BCUT2D eigenvalue weighted by atomic mass is 9.98. The Balaban J connectivity index is 2.20. The van der Waals surface area contributed by atoms with Gasteiger partial charge in [0, 0.05) is 44.4 Å². The van der Waals surface area contributed by atoms with Crippen molar-refractivity contribution in [2.45, 2.75) is 19.4 Å². The van der Waals surface area contributed by atoms with Crippen molar-refractivity contribution in [3.05, 3.63) is 52.1 Å². The minimum Gasteiger partial charge on any atom is -0.314 e. The average molecular weight is 275 g/mol. The maximum Gasteiger partial charge on any atom is 0.269 e. The molecule has 0 amide bonds. The Bertz CT molecular complexity index is 478. The Morgan fingerprint density at radius 3 is 2.50 bits per heavy atom. The lowest BCUT2D eigenvalue weighted by Crippen LogP contribution is -2.45. The average Bonchev–Trinajstić information content (AvgIpc) is 2.45. The van der Waals surface area contributed by atoms with Crippen LogP contribution in [0.1, 0.15) is 24.9 Å². The molecular weight excluding hydrogens is 254 g/mol. The molecule has 0 aliphatic carbocycles. The molecule has 1 N–H and O–H groups in total. The van der Waals surface area contributed by atoms with Crippen LogP contribution in [0.2, 0.25) is 0 Å². The number of hydrogen-bond acceptors (Lipinski definition) is 4. The van der Waals surface area contributed by atoms with Gasteiger partial charge in [0.2, 0.25) is 0 Å². The van der Waals surface area contributed by atoms with E-state index in [1.54, 1.807) is 12.1 Å². The van der Waals surface area contributed by atoms with E-state index in [1.165, 1.54) is 0 Å². The van der Waals surface area contributed by atoms with Gasteiger partial charge < -0.3 is 5.32 Å². The van der Waals surface area contributed by atoms with Crippen molar-refractivity contribution in [3.8, 4) is 0 Å². The molecule has 1 atom stereocenters. The van der Waals surface area contributed by atoms with Crippen LogP contribution in [0, 0.1) is 10.1 Å². The number of nitro groups is 1. The minimum atomic E-state index is -0.359. The molecule has 0 unspecified atom stereocenters. The van der Waals surface area contributed by atoms with Gasteiger partial charge in [-0.3, -0.25) is 15.0 Å². The van der Waals surface area contributed by atoms with Crippen molar-refractivity contribution >= 4 is 5.69 Å². The molecule has 1 aliphatic rings. The molecular formula is C15H21N3O2. The number of piperazine rings is 1. The number of hydrogen-bond donors (Lipinski definition) is 1. The van der Waals surface area contributed by atoms with E-state index >= 15 is 0 Å². The van der Waals surface area contributed by atoms with E-state index < -0.39 is 0 Å². The van der Waals surface area contributed by atoms with Gasteiger partial charge in [-0.25, -0.2) is 0 Å². The zero-order chi connectivity index (χ0) is 14.5. The van der Waals surface area contributed by atoms with Crippen LogP contribution in [0.15, 0.2) is 36.4 Å². The van der Waals surface area contributed by atoms with Crippen molar-refractivity contribution in [2.24, 2.45) is 0 Å². The molecule has 108 valence electrons. The minimum absolute atomic E-state index is 0.142. The van der Waals surface area contributed by atoms with Gasteiger partial charge in [0.15, 0.2) is 0 Å². The van der Waals surface area contributed by atoms with E-state index in [-0.39, 0.29) is 16.7 Å². The second-order valence-corrected chi connectivity index (χ2v) is 5.31. The molecule has 0 saturated carbocycles. The lowest BCUT2D eigenvalue weighted by Gasteiger charge is -2.35. The first-order valence-corrected chi connectivity index (χ1v) is 6.91. The Kier molecular flexibility index (Phi) is 4.87. The summed E-state index contributed by atoms with van der Waals surface area (Å²) < 4.78 is 0. The van der Waals surface area contributed by atoms with Crippen LogP contribution in [-0.4, -0.2) is 36.0 Å². The SMILES string of the molecule is C=C(C)C[C@@H](c1ccc([N+](=O)[O-])cc1)N1CCNCC1. The lowest BCUT2D eigenvalue weighted by molar-refractivity contribution is -0.384. The van der Waals surface area contributed by atoms with Crippen LogP contribution in [0.25, 0.3) is 0 Å². The third-order valence-corrected chi connectivity index (χ3v) is 3.62. The number of benzene rings is 1. The van der Waals surface area contributed by atoms with Gasteiger partial charge in [0.05, 0.1) is 4.92 Å². The van der Waals surface area contributed by atoms with E-state index in [0.29, 0.717) is 0 Å². The summed E-state index contributed by atoms with van der Waals surface area (Å²) in [6.07, 6.45) is 0.887. The van der Waals surface area contributed by atoms with Gasteiger partial charge >= 0.3 is 0 Å². The largest absolute Gasteiger partial charge is 0.314 e. The molecule has 1 saturated heterocycles. The van der Waals surface area contributed by atoms with Crippen molar-refractivity contribution in [2.75, 3.05) is 26.2 Å². The molecule has 1 aromatic rings. The van der Waals surface area contributed by atoms with Gasteiger partial charge in [-0.05, 0) is 18.9 Å². The van der Waals surface area contributed by atoms with Crippen molar-refractivity contribution in [1.29, 1.82) is 0 Å². The molecule has 1 aromatic carbocycles. The predicted octanol–water partition coefficient (Wildman–Crippen LogP) is 2.51. The number of nitro benzene ring substituents is 1. The predicted molar refractivity (Wildman–Crippen MR) is 79.7 cm³/mol. The molecule has 1 fully saturated rings. The molecule has 0 bridgehead atoms. The third-order valence-electron chi connectivity index (χ3n) is 3.62. The van der Waals surface area contributed by atoms with Crippen molar-refractivity contribution in [1.82, 2.24) is 10.2 Å². The Labute approximate surface area is 119 Å². The maximum absolute atomic E-state index is 10.7. The first-order chi connectivity index (χ1) is 9.58. The van der Waals surface area contributed by atoms with E-state index in [1.807, 2.05) is 19.1 Å². The quantitative estimate of drug-likeness (QED) is 0.509. The van der Waals surface area contributed by atoms with Crippen LogP contribution in [0.4, 0.5) is 5.69 Å². The van der Waals surface area contributed by atoms with Gasteiger partial charge in [-0.15, -0.1) is 6.58 Å². The summed E-state index contributed by atoms with van der Waals surface area (Å²) in [6.45, 7) is 10.0. The van der Waals surface area contributed by atoms with Crippen molar-refractivity contribution in [3.63, 3.8) is 0 Å². The van der Waals surface area contributed by atoms with Gasteiger partial charge in [0.1, 0.15) is 0 Å². The van der Waals surface area contributed by atoms with Crippen LogP contribution in [0.5, 0.6) is 0 Å². The highest BCUT2D eigenvalue weighted by molar-refractivity contribution is 5.34. The first-order valence-electron chi connectivity index (χ1n) is 6.91. The zero-order valence-electron chi connectivity index (χ0n) is 11.8. The van der Waals surface area contributed by atoms with E-state index in [9.17, 15) is 10.1 Å². The second-order valence-electron chi connectivity index (χ2n) is 5.31. The monoisotopic (exact) mass is 275 g/mol. The summed E-state index contributed by atoms with van der Waals surface area (Å²) in [5.41, 5.74) is 2.40. The number of nitrogens with one attached hydrogen (secondary N) is 1. The first kappa shape index (κ1) is 14.7. The van der Waals surface area contributed by atoms with Crippen LogP contribution < -0.4 is 5.32 Å². The Hall–Kier alpha value is -1.72. The second kappa shape index (κ2) is 6.63. The summed E-state index contributed by atoms with van der Waals surface area (Å²) in [4.78, 5) is 12.8. The Morgan fingerprint density at radius 2 is 2.00 bits per heavy atom. The fourth-order valence-electron chi connectivity index (χ4n) is 2.60. The summed E-state index contributed by atoms with van der Waals surface area (Å²) in [5, 5.41) is 14.1. The van der Waals surface area contributed by atoms with E-state index in [0.717, 1.165) is 43.7 Å². The summed E-state index contributed by atoms with van der Waals surface area (Å²) in [5.74, 6) is 0. The summed E-state index contributed by atoms with van der Waals surface area (Å²) >= 11 is 0. The molecule has 20 heavy (non-hydrogen) atoms. The molecule has 0 spiro atoms. The van der Waals surface area contributed by atoms with E-state index in [4.69, 9.17) is 0 Å². The standard InChI is InChI=1S/C15H21N3O2/c1-12(2)11-15(17-9-7-16-8-10-17)13-3-5-14(6-4-13)18(19)20/h3-6,15-16H,1,7-11H2,2H3/t15-/m0/s1. The number of nitrogens with zero attached hydrogens (tertiary/aromatic N) is 2. The highest BCUT2D eigenvalue weighted by Gasteiger charge is 2.22. The topological polar surface area (TPSA) is 58.4 Å². The van der Waals surface area contributed by atoms with Crippen LogP contribution in [-0.2, 0) is 0 Å². The van der Waals surface area contributed by atoms with Gasteiger partial charge in [0.25, 0.3) is 5.69 Å². The Morgan fingerprint density at radius 1 is 1.40 bits per heavy atom. The summed E-state index contributed by atoms with van der Waals surface area (Å²) in [7, 11) is 0. The molecule has 1 heterocycles. The fraction of sp³-hybridized carbons (Fsp3) is 0.467. The molecule has 2 rings (SSSR count). The van der Waals surface area contributed by atoms with Crippen LogP contribution in [0.3, 0.4) is 0 Å². The normalized spacial score (nSPS) is 17.6. The molecule has 5 nitrogen and oxygen atoms in total. The fourth-order valence-corrected chi connectivity index (χ4v) is 2.60. The zero-order valence-corrected chi connectivity index (χ0v) is 11.8. The van der Waals surface area contributed by atoms with Crippen LogP contribution >= 0.6 is 0 Å². The summed E-state index contributed by atoms with van der Waals surface area (Å²) in [6, 6.07) is 7.17. The third kappa shape index (κ3) is 3.65. The molecule has 0 radical (unpaired) electrons. The van der Waals surface area contributed by atoms with Gasteiger partial charge in [-0.1, -0.05) is 17.7 Å². The number of rotatable bonds is 5. The highest BCUT2D eigenvalue weighted by atomic mass is 16.6. The highest BCUT2D eigenvalue weighted by Crippen LogP contribution is 2.28. The maximum atomic E-state index is 10.7. The smallest absolute Gasteiger partial charge is 0.269 e. The molecule has 0 aromatic heterocycles. The van der Waals surface area contributed by atoms with Gasteiger partial charge in [-0.2, -0.15) is 0 Å².